The number of aliphatic hydroxyl groups excluding tert-OH is 1. The Kier molecular flexibility index (Phi) is 3.56. The van der Waals surface area contributed by atoms with E-state index < -0.39 is 11.0 Å². The van der Waals surface area contributed by atoms with E-state index in [1.54, 1.807) is 0 Å². The van der Waals surface area contributed by atoms with Crippen molar-refractivity contribution in [2.45, 2.75) is 25.4 Å². The number of benzene rings is 1. The van der Waals surface area contributed by atoms with Crippen LogP contribution in [0.4, 0.5) is 5.69 Å². The van der Waals surface area contributed by atoms with Gasteiger partial charge in [-0.2, -0.15) is 0 Å². The minimum atomic E-state index is -0.536. The molecule has 1 aromatic carbocycles. The molecule has 1 aliphatic rings. The van der Waals surface area contributed by atoms with Crippen LogP contribution in [0, 0.1) is 16.0 Å². The standard InChI is InChI=1S/C11H11Cl2NO3/c12-8-3-7(4-11(15)6-1-2-6)10(14(16)17)5-9(8)13/h3,5-6,11,15H,1-2,4H2. The zero-order chi connectivity index (χ0) is 12.6. The average molecular weight is 276 g/mol. The maximum absolute atomic E-state index is 10.9. The number of rotatable bonds is 4. The summed E-state index contributed by atoms with van der Waals surface area (Å²) in [6, 6.07) is 2.70. The average Bonchev–Trinajstić information content (AvgIpc) is 3.06. The lowest BCUT2D eigenvalue weighted by Gasteiger charge is -2.10. The van der Waals surface area contributed by atoms with Crippen LogP contribution in [0.15, 0.2) is 12.1 Å². The summed E-state index contributed by atoms with van der Waals surface area (Å²) >= 11 is 11.6. The fourth-order valence-electron chi connectivity index (χ4n) is 1.78. The van der Waals surface area contributed by atoms with Crippen molar-refractivity contribution in [3.05, 3.63) is 37.9 Å². The highest BCUT2D eigenvalue weighted by Gasteiger charge is 2.31. The fourth-order valence-corrected chi connectivity index (χ4v) is 2.13. The van der Waals surface area contributed by atoms with Crippen LogP contribution in [0.25, 0.3) is 0 Å². The highest BCUT2D eigenvalue weighted by atomic mass is 35.5. The van der Waals surface area contributed by atoms with Crippen LogP contribution in [0.2, 0.25) is 10.0 Å². The van der Waals surface area contributed by atoms with Crippen LogP contribution in [-0.4, -0.2) is 16.1 Å². The summed E-state index contributed by atoms with van der Waals surface area (Å²) in [6.07, 6.45) is 1.68. The van der Waals surface area contributed by atoms with Gasteiger partial charge in [0, 0.05) is 18.1 Å². The van der Waals surface area contributed by atoms with E-state index in [9.17, 15) is 15.2 Å². The van der Waals surface area contributed by atoms with Gasteiger partial charge in [0.25, 0.3) is 5.69 Å². The number of hydrogen-bond donors (Lipinski definition) is 1. The molecule has 2 rings (SSSR count). The Hall–Kier alpha value is -0.840. The van der Waals surface area contributed by atoms with Gasteiger partial charge < -0.3 is 5.11 Å². The first-order valence-electron chi connectivity index (χ1n) is 5.29. The molecule has 1 aromatic rings. The molecule has 1 aliphatic carbocycles. The van der Waals surface area contributed by atoms with Crippen molar-refractivity contribution < 1.29 is 10.0 Å². The Balaban J connectivity index is 2.29. The Morgan fingerprint density at radius 1 is 1.41 bits per heavy atom. The normalized spacial score (nSPS) is 16.9. The summed E-state index contributed by atoms with van der Waals surface area (Å²) in [6.45, 7) is 0. The molecule has 0 bridgehead atoms. The van der Waals surface area contributed by atoms with Crippen LogP contribution in [0.5, 0.6) is 0 Å². The molecule has 0 aromatic heterocycles. The van der Waals surface area contributed by atoms with Gasteiger partial charge in [-0.05, 0) is 24.8 Å². The molecular formula is C11H11Cl2NO3. The molecule has 0 radical (unpaired) electrons. The molecule has 1 fully saturated rings. The van der Waals surface area contributed by atoms with Gasteiger partial charge in [-0.3, -0.25) is 10.1 Å². The van der Waals surface area contributed by atoms with Crippen LogP contribution in [-0.2, 0) is 6.42 Å². The molecule has 0 spiro atoms. The van der Waals surface area contributed by atoms with E-state index in [0.29, 0.717) is 5.56 Å². The van der Waals surface area contributed by atoms with E-state index in [0.717, 1.165) is 12.8 Å². The third-order valence-electron chi connectivity index (χ3n) is 2.91. The largest absolute Gasteiger partial charge is 0.392 e. The number of nitro groups is 1. The monoisotopic (exact) mass is 275 g/mol. The molecule has 1 N–H and O–H groups in total. The Labute approximate surface area is 108 Å². The van der Waals surface area contributed by atoms with Gasteiger partial charge in [-0.1, -0.05) is 23.2 Å². The fraction of sp³-hybridized carbons (Fsp3) is 0.455. The van der Waals surface area contributed by atoms with Crippen LogP contribution < -0.4 is 0 Å². The van der Waals surface area contributed by atoms with Crippen LogP contribution in [0.3, 0.4) is 0 Å². The van der Waals surface area contributed by atoms with Crippen molar-refractivity contribution in [2.75, 3.05) is 0 Å². The molecule has 0 saturated heterocycles. The second-order valence-corrected chi connectivity index (χ2v) is 5.08. The number of hydrogen-bond acceptors (Lipinski definition) is 3. The van der Waals surface area contributed by atoms with Crippen molar-refractivity contribution in [3.8, 4) is 0 Å². The predicted octanol–water partition coefficient (Wildman–Crippen LogP) is 3.22. The molecule has 0 aliphatic heterocycles. The van der Waals surface area contributed by atoms with E-state index in [4.69, 9.17) is 23.2 Å². The lowest BCUT2D eigenvalue weighted by Crippen LogP contribution is -2.13. The lowest BCUT2D eigenvalue weighted by atomic mass is 10.0. The maximum Gasteiger partial charge on any atom is 0.274 e. The Morgan fingerprint density at radius 3 is 2.53 bits per heavy atom. The molecule has 0 amide bonds. The Morgan fingerprint density at radius 2 is 2.00 bits per heavy atom. The second-order valence-electron chi connectivity index (χ2n) is 4.26. The second kappa shape index (κ2) is 4.80. The van der Waals surface area contributed by atoms with Crippen molar-refractivity contribution in [3.63, 3.8) is 0 Å². The number of halogens is 2. The molecule has 92 valence electrons. The first-order valence-corrected chi connectivity index (χ1v) is 6.05. The highest BCUT2D eigenvalue weighted by molar-refractivity contribution is 6.42. The highest BCUT2D eigenvalue weighted by Crippen LogP contribution is 2.37. The molecule has 6 heteroatoms. The first-order chi connectivity index (χ1) is 7.99. The van der Waals surface area contributed by atoms with Gasteiger partial charge in [-0.25, -0.2) is 0 Å². The number of aliphatic hydroxyl groups is 1. The summed E-state index contributed by atoms with van der Waals surface area (Å²) < 4.78 is 0. The predicted molar refractivity (Wildman–Crippen MR) is 65.6 cm³/mol. The smallest absolute Gasteiger partial charge is 0.274 e. The zero-order valence-electron chi connectivity index (χ0n) is 8.90. The van der Waals surface area contributed by atoms with Crippen molar-refractivity contribution in [1.29, 1.82) is 0 Å². The zero-order valence-corrected chi connectivity index (χ0v) is 10.4. The van der Waals surface area contributed by atoms with Gasteiger partial charge in [0.1, 0.15) is 0 Å². The molecule has 1 saturated carbocycles. The molecule has 1 unspecified atom stereocenters. The third kappa shape index (κ3) is 2.89. The molecular weight excluding hydrogens is 265 g/mol. The number of nitro benzene ring substituents is 1. The molecule has 4 nitrogen and oxygen atoms in total. The topological polar surface area (TPSA) is 63.4 Å². The minimum absolute atomic E-state index is 0.0842. The van der Waals surface area contributed by atoms with E-state index in [1.807, 2.05) is 0 Å². The van der Waals surface area contributed by atoms with Gasteiger partial charge >= 0.3 is 0 Å². The van der Waals surface area contributed by atoms with Crippen molar-refractivity contribution in [1.82, 2.24) is 0 Å². The number of nitrogens with zero attached hydrogens (tertiary/aromatic N) is 1. The quantitative estimate of drug-likeness (QED) is 0.678. The van der Waals surface area contributed by atoms with E-state index in [-0.39, 0.29) is 28.1 Å². The van der Waals surface area contributed by atoms with Gasteiger partial charge in [0.2, 0.25) is 0 Å². The minimum Gasteiger partial charge on any atom is -0.392 e. The van der Waals surface area contributed by atoms with Gasteiger partial charge in [0.15, 0.2) is 0 Å². The van der Waals surface area contributed by atoms with E-state index in [1.165, 1.54) is 12.1 Å². The first kappa shape index (κ1) is 12.6. The van der Waals surface area contributed by atoms with Crippen LogP contribution >= 0.6 is 23.2 Å². The molecule has 1 atom stereocenters. The van der Waals surface area contributed by atoms with Crippen molar-refractivity contribution in [2.24, 2.45) is 5.92 Å². The maximum atomic E-state index is 10.9. The SMILES string of the molecule is O=[N+]([O-])c1cc(Cl)c(Cl)cc1CC(O)C1CC1. The van der Waals surface area contributed by atoms with E-state index in [2.05, 4.69) is 0 Å². The lowest BCUT2D eigenvalue weighted by molar-refractivity contribution is -0.385. The molecule has 17 heavy (non-hydrogen) atoms. The van der Waals surface area contributed by atoms with Crippen molar-refractivity contribution >= 4 is 28.9 Å². The van der Waals surface area contributed by atoms with Crippen LogP contribution in [0.1, 0.15) is 18.4 Å². The summed E-state index contributed by atoms with van der Waals surface area (Å²) in [5.74, 6) is 0.268. The third-order valence-corrected chi connectivity index (χ3v) is 3.64. The van der Waals surface area contributed by atoms with Gasteiger partial charge in [-0.15, -0.1) is 0 Å². The Bertz CT molecular complexity index is 460. The summed E-state index contributed by atoms with van der Waals surface area (Å²) in [4.78, 5) is 10.4. The summed E-state index contributed by atoms with van der Waals surface area (Å²) in [5.41, 5.74) is 0.350. The summed E-state index contributed by atoms with van der Waals surface area (Å²) in [7, 11) is 0. The molecule has 0 heterocycles. The van der Waals surface area contributed by atoms with Gasteiger partial charge in [0.05, 0.1) is 21.1 Å². The van der Waals surface area contributed by atoms with E-state index >= 15 is 0 Å². The summed E-state index contributed by atoms with van der Waals surface area (Å²) in [5, 5.41) is 21.1.